The number of benzene rings is 2. The van der Waals surface area contributed by atoms with Crippen LogP contribution in [0.4, 0.5) is 11.4 Å². The van der Waals surface area contributed by atoms with Gasteiger partial charge in [-0.25, -0.2) is 4.79 Å². The van der Waals surface area contributed by atoms with E-state index in [1.165, 1.54) is 0 Å². The molecule has 140 valence electrons. The molecule has 1 aromatic heterocycles. The van der Waals surface area contributed by atoms with Crippen LogP contribution in [-0.4, -0.2) is 24.2 Å². The van der Waals surface area contributed by atoms with Crippen molar-refractivity contribution in [1.29, 1.82) is 0 Å². The maximum Gasteiger partial charge on any atom is 0.341 e. The molecule has 0 saturated heterocycles. The van der Waals surface area contributed by atoms with E-state index in [2.05, 4.69) is 24.1 Å². The van der Waals surface area contributed by atoms with Gasteiger partial charge in [0, 0.05) is 17.3 Å². The lowest BCUT2D eigenvalue weighted by molar-refractivity contribution is 0.0527. The summed E-state index contributed by atoms with van der Waals surface area (Å²) in [4.78, 5) is 16.8. The zero-order chi connectivity index (χ0) is 19.2. The van der Waals surface area contributed by atoms with Gasteiger partial charge in [-0.05, 0) is 43.2 Å². The lowest BCUT2D eigenvalue weighted by Crippen LogP contribution is -2.09. The third-order valence-corrected chi connectivity index (χ3v) is 3.98. The van der Waals surface area contributed by atoms with Gasteiger partial charge in [0.15, 0.2) is 0 Å². The van der Waals surface area contributed by atoms with Crippen LogP contribution in [0, 0.1) is 5.92 Å². The maximum atomic E-state index is 12.4. The van der Waals surface area contributed by atoms with Gasteiger partial charge in [0.25, 0.3) is 0 Å². The van der Waals surface area contributed by atoms with E-state index in [0.29, 0.717) is 30.4 Å². The molecular formula is C22H24N2O3. The lowest BCUT2D eigenvalue weighted by atomic mass is 10.1. The molecule has 0 atom stereocenters. The van der Waals surface area contributed by atoms with Crippen LogP contribution in [0.5, 0.6) is 5.75 Å². The Labute approximate surface area is 159 Å². The van der Waals surface area contributed by atoms with E-state index in [0.717, 1.165) is 22.3 Å². The number of nitrogens with zero attached hydrogens (tertiary/aromatic N) is 1. The second-order valence-electron chi connectivity index (χ2n) is 6.64. The number of rotatable bonds is 7. The van der Waals surface area contributed by atoms with Crippen molar-refractivity contribution < 1.29 is 14.3 Å². The Morgan fingerprint density at radius 3 is 2.56 bits per heavy atom. The predicted molar refractivity (Wildman–Crippen MR) is 108 cm³/mol. The van der Waals surface area contributed by atoms with Gasteiger partial charge in [-0.15, -0.1) is 0 Å². The molecule has 3 aromatic rings. The van der Waals surface area contributed by atoms with Crippen molar-refractivity contribution >= 4 is 28.2 Å². The second-order valence-corrected chi connectivity index (χ2v) is 6.64. The van der Waals surface area contributed by atoms with Crippen molar-refractivity contribution in [3.63, 3.8) is 0 Å². The molecule has 0 saturated carbocycles. The van der Waals surface area contributed by atoms with Crippen molar-refractivity contribution in [1.82, 2.24) is 4.98 Å². The first kappa shape index (κ1) is 18.7. The second kappa shape index (κ2) is 8.54. The molecule has 0 aliphatic rings. The van der Waals surface area contributed by atoms with Crippen molar-refractivity contribution in [3.05, 3.63) is 60.3 Å². The molecule has 27 heavy (non-hydrogen) atoms. The number of ether oxygens (including phenoxy) is 2. The monoisotopic (exact) mass is 364 g/mol. The molecule has 2 aromatic carbocycles. The Morgan fingerprint density at radius 1 is 1.11 bits per heavy atom. The van der Waals surface area contributed by atoms with Crippen molar-refractivity contribution in [3.8, 4) is 5.75 Å². The van der Waals surface area contributed by atoms with Crippen molar-refractivity contribution in [2.24, 2.45) is 5.92 Å². The van der Waals surface area contributed by atoms with Crippen LogP contribution >= 0.6 is 0 Å². The van der Waals surface area contributed by atoms with Crippen LogP contribution in [0.2, 0.25) is 0 Å². The van der Waals surface area contributed by atoms with E-state index in [1.807, 2.05) is 48.5 Å². The highest BCUT2D eigenvalue weighted by atomic mass is 16.5. The van der Waals surface area contributed by atoms with E-state index >= 15 is 0 Å². The third kappa shape index (κ3) is 4.56. The highest BCUT2D eigenvalue weighted by Crippen LogP contribution is 2.30. The molecular weight excluding hydrogens is 340 g/mol. The Morgan fingerprint density at radius 2 is 1.85 bits per heavy atom. The van der Waals surface area contributed by atoms with Gasteiger partial charge < -0.3 is 14.8 Å². The van der Waals surface area contributed by atoms with Gasteiger partial charge in [-0.2, -0.15) is 0 Å². The van der Waals surface area contributed by atoms with Gasteiger partial charge >= 0.3 is 5.97 Å². The van der Waals surface area contributed by atoms with Crippen molar-refractivity contribution in [2.75, 3.05) is 18.5 Å². The molecule has 5 nitrogen and oxygen atoms in total. The lowest BCUT2D eigenvalue weighted by Gasteiger charge is -2.15. The van der Waals surface area contributed by atoms with Crippen molar-refractivity contribution in [2.45, 2.75) is 20.8 Å². The summed E-state index contributed by atoms with van der Waals surface area (Å²) in [6.07, 6.45) is 1.56. The summed E-state index contributed by atoms with van der Waals surface area (Å²) < 4.78 is 10.9. The maximum absolute atomic E-state index is 12.4. The zero-order valence-electron chi connectivity index (χ0n) is 15.9. The largest absolute Gasteiger partial charge is 0.493 e. The summed E-state index contributed by atoms with van der Waals surface area (Å²) in [6, 6.07) is 15.4. The Kier molecular flexibility index (Phi) is 5.91. The molecule has 1 heterocycles. The van der Waals surface area contributed by atoms with Gasteiger partial charge in [0.1, 0.15) is 11.3 Å². The average Bonchev–Trinajstić information content (AvgIpc) is 2.67. The fourth-order valence-electron chi connectivity index (χ4n) is 2.68. The molecule has 0 aliphatic carbocycles. The number of hydrogen-bond acceptors (Lipinski definition) is 5. The van der Waals surface area contributed by atoms with Crippen LogP contribution in [0.3, 0.4) is 0 Å². The molecule has 0 spiro atoms. The number of nitrogens with one attached hydrogen (secondary N) is 1. The number of fused-ring (bicyclic) bond motifs is 1. The Hall–Kier alpha value is -3.08. The summed E-state index contributed by atoms with van der Waals surface area (Å²) in [7, 11) is 0. The molecule has 0 bridgehead atoms. The van der Waals surface area contributed by atoms with E-state index in [9.17, 15) is 4.79 Å². The van der Waals surface area contributed by atoms with Crippen LogP contribution in [-0.2, 0) is 4.74 Å². The number of carbonyl (C=O) groups excluding carboxylic acids is 1. The molecule has 3 rings (SSSR count). The zero-order valence-corrected chi connectivity index (χ0v) is 15.9. The molecule has 1 N–H and O–H groups in total. The first-order chi connectivity index (χ1) is 13.1. The van der Waals surface area contributed by atoms with Crippen LogP contribution in [0.1, 0.15) is 31.1 Å². The molecule has 0 aliphatic heterocycles. The van der Waals surface area contributed by atoms with Crippen LogP contribution in [0.15, 0.2) is 54.7 Å². The topological polar surface area (TPSA) is 60.5 Å². The number of pyridine rings is 1. The van der Waals surface area contributed by atoms with Crippen LogP contribution < -0.4 is 10.1 Å². The quantitative estimate of drug-likeness (QED) is 0.585. The standard InChI is InChI=1S/C22H24N2O3/c1-4-26-22(25)19-13-23-20-8-6-5-7-18(20)21(19)24-16-9-11-17(12-10-16)27-14-15(2)3/h5-13,15H,4,14H2,1-3H3,(H,23,24). The summed E-state index contributed by atoms with van der Waals surface area (Å²) in [5.41, 5.74) is 2.77. The van der Waals surface area contributed by atoms with E-state index in [1.54, 1.807) is 13.1 Å². The van der Waals surface area contributed by atoms with E-state index in [-0.39, 0.29) is 0 Å². The molecule has 0 unspecified atom stereocenters. The molecule has 0 fully saturated rings. The first-order valence-electron chi connectivity index (χ1n) is 9.13. The molecule has 0 amide bonds. The number of hydrogen-bond donors (Lipinski definition) is 1. The van der Waals surface area contributed by atoms with Gasteiger partial charge in [0.2, 0.25) is 0 Å². The highest BCUT2D eigenvalue weighted by Gasteiger charge is 2.16. The van der Waals surface area contributed by atoms with Gasteiger partial charge in [-0.1, -0.05) is 32.0 Å². The summed E-state index contributed by atoms with van der Waals surface area (Å²) in [5.74, 6) is 0.896. The Balaban J connectivity index is 1.92. The van der Waals surface area contributed by atoms with E-state index in [4.69, 9.17) is 9.47 Å². The third-order valence-electron chi connectivity index (χ3n) is 3.98. The highest BCUT2D eigenvalue weighted by molar-refractivity contribution is 6.05. The van der Waals surface area contributed by atoms with Gasteiger partial charge in [0.05, 0.1) is 24.4 Å². The summed E-state index contributed by atoms with van der Waals surface area (Å²) in [6.45, 7) is 7.00. The minimum atomic E-state index is -0.393. The summed E-state index contributed by atoms with van der Waals surface area (Å²) in [5, 5.41) is 4.21. The molecule has 5 heteroatoms. The minimum absolute atomic E-state index is 0.312. The number of para-hydroxylation sites is 1. The Bertz CT molecular complexity index is 920. The average molecular weight is 364 g/mol. The SMILES string of the molecule is CCOC(=O)c1cnc2ccccc2c1Nc1ccc(OCC(C)C)cc1. The van der Waals surface area contributed by atoms with Gasteiger partial charge in [-0.3, -0.25) is 4.98 Å². The van der Waals surface area contributed by atoms with E-state index < -0.39 is 5.97 Å². The number of aromatic nitrogens is 1. The summed E-state index contributed by atoms with van der Waals surface area (Å²) >= 11 is 0. The smallest absolute Gasteiger partial charge is 0.341 e. The number of anilines is 2. The predicted octanol–water partition coefficient (Wildman–Crippen LogP) is 5.19. The fourth-order valence-corrected chi connectivity index (χ4v) is 2.68. The minimum Gasteiger partial charge on any atom is -0.493 e. The fraction of sp³-hybridized carbons (Fsp3) is 0.273. The normalized spacial score (nSPS) is 10.8. The molecule has 0 radical (unpaired) electrons. The first-order valence-corrected chi connectivity index (χ1v) is 9.13. The van der Waals surface area contributed by atoms with Crippen LogP contribution in [0.25, 0.3) is 10.9 Å². The number of carbonyl (C=O) groups is 1. The number of esters is 1.